The molecule has 0 saturated carbocycles. The molecular formula is C14H26N2. The van der Waals surface area contributed by atoms with Gasteiger partial charge in [0.05, 0.1) is 0 Å². The van der Waals surface area contributed by atoms with Crippen LogP contribution in [-0.4, -0.2) is 49.1 Å². The van der Waals surface area contributed by atoms with Crippen LogP contribution < -0.4 is 0 Å². The summed E-state index contributed by atoms with van der Waals surface area (Å²) in [5.74, 6) is 0. The minimum atomic E-state index is 1.22. The molecule has 2 aliphatic rings. The Morgan fingerprint density at radius 3 is 1.69 bits per heavy atom. The molecule has 2 nitrogen and oxygen atoms in total. The molecule has 0 aromatic carbocycles. The standard InChI is InChI=1S/C14H26N2/c1-2-14(13-16-10-6-7-11-16)12-15-8-4-3-5-9-15/h2H,3-13H2,1H3/b14-2+. The fourth-order valence-electron chi connectivity index (χ4n) is 2.87. The molecule has 0 aromatic heterocycles. The van der Waals surface area contributed by atoms with Gasteiger partial charge >= 0.3 is 0 Å². The van der Waals surface area contributed by atoms with Gasteiger partial charge in [0, 0.05) is 13.1 Å². The molecule has 0 N–H and O–H groups in total. The van der Waals surface area contributed by atoms with Gasteiger partial charge in [-0.3, -0.25) is 9.80 Å². The Hall–Kier alpha value is -0.340. The summed E-state index contributed by atoms with van der Waals surface area (Å²) in [6.45, 7) is 9.90. The summed E-state index contributed by atoms with van der Waals surface area (Å²) >= 11 is 0. The van der Waals surface area contributed by atoms with Crippen molar-refractivity contribution in [1.29, 1.82) is 0 Å². The Labute approximate surface area is 100 Å². The Bertz CT molecular complexity index is 223. The Morgan fingerprint density at radius 2 is 1.25 bits per heavy atom. The maximum atomic E-state index is 2.63. The highest BCUT2D eigenvalue weighted by atomic mass is 15.2. The van der Waals surface area contributed by atoms with E-state index in [9.17, 15) is 0 Å². The van der Waals surface area contributed by atoms with Crippen LogP contribution in [0.1, 0.15) is 39.0 Å². The largest absolute Gasteiger partial charge is 0.299 e. The van der Waals surface area contributed by atoms with E-state index in [4.69, 9.17) is 0 Å². The van der Waals surface area contributed by atoms with E-state index in [2.05, 4.69) is 22.8 Å². The molecule has 2 fully saturated rings. The second-order valence-corrected chi connectivity index (χ2v) is 5.27. The van der Waals surface area contributed by atoms with Gasteiger partial charge in [0.25, 0.3) is 0 Å². The summed E-state index contributed by atoms with van der Waals surface area (Å²) in [6.07, 6.45) is 9.39. The van der Waals surface area contributed by atoms with Crippen LogP contribution in [0.3, 0.4) is 0 Å². The molecule has 0 atom stereocenters. The lowest BCUT2D eigenvalue weighted by Gasteiger charge is -2.28. The van der Waals surface area contributed by atoms with Crippen LogP contribution in [0.4, 0.5) is 0 Å². The predicted molar refractivity (Wildman–Crippen MR) is 69.7 cm³/mol. The van der Waals surface area contributed by atoms with E-state index in [-0.39, 0.29) is 0 Å². The van der Waals surface area contributed by atoms with Gasteiger partial charge in [0.2, 0.25) is 0 Å². The fraction of sp³-hybridized carbons (Fsp3) is 0.857. The van der Waals surface area contributed by atoms with Gasteiger partial charge in [0.1, 0.15) is 0 Å². The van der Waals surface area contributed by atoms with Crippen LogP contribution in [0.25, 0.3) is 0 Å². The summed E-state index contributed by atoms with van der Waals surface area (Å²) in [5.41, 5.74) is 1.63. The summed E-state index contributed by atoms with van der Waals surface area (Å²) in [5, 5.41) is 0. The molecule has 0 unspecified atom stereocenters. The summed E-state index contributed by atoms with van der Waals surface area (Å²) in [4.78, 5) is 5.24. The summed E-state index contributed by atoms with van der Waals surface area (Å²) in [7, 11) is 0. The lowest BCUT2D eigenvalue weighted by Crippen LogP contribution is -2.34. The second-order valence-electron chi connectivity index (χ2n) is 5.27. The lowest BCUT2D eigenvalue weighted by atomic mass is 10.1. The molecule has 0 bridgehead atoms. The van der Waals surface area contributed by atoms with Gasteiger partial charge < -0.3 is 0 Å². The van der Waals surface area contributed by atoms with Gasteiger partial charge in [-0.25, -0.2) is 0 Å². The first-order chi connectivity index (χ1) is 7.88. The maximum absolute atomic E-state index is 2.63. The number of hydrogen-bond acceptors (Lipinski definition) is 2. The Balaban J connectivity index is 1.75. The summed E-state index contributed by atoms with van der Waals surface area (Å²) in [6, 6.07) is 0. The zero-order valence-electron chi connectivity index (χ0n) is 10.7. The third-order valence-corrected chi connectivity index (χ3v) is 3.91. The van der Waals surface area contributed by atoms with E-state index in [0.717, 1.165) is 0 Å². The molecule has 0 aromatic rings. The van der Waals surface area contributed by atoms with Crippen molar-refractivity contribution in [3.05, 3.63) is 11.6 Å². The minimum absolute atomic E-state index is 1.22. The van der Waals surface area contributed by atoms with E-state index in [1.54, 1.807) is 5.57 Å². The third-order valence-electron chi connectivity index (χ3n) is 3.91. The topological polar surface area (TPSA) is 6.48 Å². The monoisotopic (exact) mass is 222 g/mol. The number of likely N-dealkylation sites (tertiary alicyclic amines) is 2. The van der Waals surface area contributed by atoms with Crippen molar-refractivity contribution in [2.75, 3.05) is 39.3 Å². The number of nitrogens with zero attached hydrogens (tertiary/aromatic N) is 2. The van der Waals surface area contributed by atoms with Crippen molar-refractivity contribution in [2.45, 2.75) is 39.0 Å². The molecular weight excluding hydrogens is 196 g/mol. The highest BCUT2D eigenvalue weighted by Gasteiger charge is 2.15. The van der Waals surface area contributed by atoms with Crippen LogP contribution in [-0.2, 0) is 0 Å². The fourth-order valence-corrected chi connectivity index (χ4v) is 2.87. The molecule has 16 heavy (non-hydrogen) atoms. The third kappa shape index (κ3) is 3.60. The van der Waals surface area contributed by atoms with Crippen molar-refractivity contribution in [3.63, 3.8) is 0 Å². The Kier molecular flexibility index (Phi) is 4.86. The van der Waals surface area contributed by atoms with Gasteiger partial charge in [0.15, 0.2) is 0 Å². The van der Waals surface area contributed by atoms with Crippen LogP contribution >= 0.6 is 0 Å². The van der Waals surface area contributed by atoms with E-state index < -0.39 is 0 Å². The normalized spacial score (nSPS) is 25.2. The lowest BCUT2D eigenvalue weighted by molar-refractivity contribution is 0.238. The highest BCUT2D eigenvalue weighted by molar-refractivity contribution is 5.06. The van der Waals surface area contributed by atoms with E-state index in [0.29, 0.717) is 0 Å². The van der Waals surface area contributed by atoms with Crippen molar-refractivity contribution in [1.82, 2.24) is 9.80 Å². The average Bonchev–Trinajstić information content (AvgIpc) is 2.82. The van der Waals surface area contributed by atoms with Gasteiger partial charge in [-0.05, 0) is 64.4 Å². The number of allylic oxidation sites excluding steroid dienone is 1. The van der Waals surface area contributed by atoms with E-state index >= 15 is 0 Å². The molecule has 0 radical (unpaired) electrons. The van der Waals surface area contributed by atoms with Gasteiger partial charge in [-0.2, -0.15) is 0 Å². The summed E-state index contributed by atoms with van der Waals surface area (Å²) < 4.78 is 0. The van der Waals surface area contributed by atoms with Crippen molar-refractivity contribution >= 4 is 0 Å². The zero-order chi connectivity index (χ0) is 11.2. The van der Waals surface area contributed by atoms with Crippen LogP contribution in [0.5, 0.6) is 0 Å². The van der Waals surface area contributed by atoms with Crippen molar-refractivity contribution < 1.29 is 0 Å². The number of rotatable bonds is 4. The molecule has 2 heterocycles. The van der Waals surface area contributed by atoms with Crippen molar-refractivity contribution in [3.8, 4) is 0 Å². The average molecular weight is 222 g/mol. The SMILES string of the molecule is C/C=C(\CN1CCCCC1)CN1CCCC1. The minimum Gasteiger partial charge on any atom is -0.299 e. The van der Waals surface area contributed by atoms with Gasteiger partial charge in [-0.1, -0.05) is 12.5 Å². The first-order valence-corrected chi connectivity index (χ1v) is 6.97. The van der Waals surface area contributed by atoms with Crippen LogP contribution in [0.2, 0.25) is 0 Å². The predicted octanol–water partition coefficient (Wildman–Crippen LogP) is 2.51. The van der Waals surface area contributed by atoms with Crippen molar-refractivity contribution in [2.24, 2.45) is 0 Å². The second kappa shape index (κ2) is 6.41. The van der Waals surface area contributed by atoms with Gasteiger partial charge in [-0.15, -0.1) is 0 Å². The first-order valence-electron chi connectivity index (χ1n) is 6.97. The van der Waals surface area contributed by atoms with Crippen LogP contribution in [0.15, 0.2) is 11.6 Å². The molecule has 0 aliphatic carbocycles. The Morgan fingerprint density at radius 1 is 0.812 bits per heavy atom. The van der Waals surface area contributed by atoms with Crippen LogP contribution in [0, 0.1) is 0 Å². The molecule has 2 heteroatoms. The maximum Gasteiger partial charge on any atom is 0.0205 e. The van der Waals surface area contributed by atoms with E-state index in [1.807, 2.05) is 0 Å². The molecule has 0 spiro atoms. The molecule has 2 rings (SSSR count). The highest BCUT2D eigenvalue weighted by Crippen LogP contribution is 2.14. The molecule has 2 saturated heterocycles. The molecule has 92 valence electrons. The first kappa shape index (κ1) is 12.1. The number of piperidine rings is 1. The molecule has 0 amide bonds. The number of hydrogen-bond donors (Lipinski definition) is 0. The molecule has 2 aliphatic heterocycles. The smallest absolute Gasteiger partial charge is 0.0205 e. The van der Waals surface area contributed by atoms with E-state index in [1.165, 1.54) is 71.4 Å². The zero-order valence-corrected chi connectivity index (χ0v) is 10.7. The quantitative estimate of drug-likeness (QED) is 0.674.